The van der Waals surface area contributed by atoms with E-state index in [1.54, 1.807) is 6.92 Å². The van der Waals surface area contributed by atoms with E-state index in [1.807, 2.05) is 54.6 Å². The van der Waals surface area contributed by atoms with Gasteiger partial charge in [0.1, 0.15) is 5.76 Å². The first-order chi connectivity index (χ1) is 15.0. The zero-order chi connectivity index (χ0) is 21.8. The summed E-state index contributed by atoms with van der Waals surface area (Å²) in [6, 6.07) is 17.3. The van der Waals surface area contributed by atoms with Gasteiger partial charge in [-0.15, -0.1) is 0 Å². The summed E-state index contributed by atoms with van der Waals surface area (Å²) in [7, 11) is 0. The minimum atomic E-state index is -0.371. The third kappa shape index (κ3) is 5.03. The van der Waals surface area contributed by atoms with E-state index < -0.39 is 0 Å². The molecule has 0 bridgehead atoms. The van der Waals surface area contributed by atoms with E-state index in [9.17, 15) is 14.4 Å². The molecule has 31 heavy (non-hydrogen) atoms. The Bertz CT molecular complexity index is 1110. The van der Waals surface area contributed by atoms with E-state index in [-0.39, 0.29) is 28.0 Å². The van der Waals surface area contributed by atoms with Crippen LogP contribution in [-0.2, 0) is 17.6 Å². The van der Waals surface area contributed by atoms with E-state index in [1.165, 1.54) is 0 Å². The molecule has 1 aromatic heterocycles. The van der Waals surface area contributed by atoms with Crippen molar-refractivity contribution >= 4 is 28.8 Å². The van der Waals surface area contributed by atoms with Crippen molar-refractivity contribution in [2.75, 3.05) is 6.54 Å². The quantitative estimate of drug-likeness (QED) is 0.589. The number of imide groups is 1. The summed E-state index contributed by atoms with van der Waals surface area (Å²) in [4.78, 5) is 39.8. The zero-order valence-electron chi connectivity index (χ0n) is 16.9. The average molecular weight is 436 g/mol. The summed E-state index contributed by atoms with van der Waals surface area (Å²) >= 11 is 1.03. The fourth-order valence-corrected chi connectivity index (χ4v) is 4.16. The maximum Gasteiger partial charge on any atom is 0.286 e. The van der Waals surface area contributed by atoms with Gasteiger partial charge in [0.25, 0.3) is 11.1 Å². The minimum Gasteiger partial charge on any atom is -0.441 e. The van der Waals surface area contributed by atoms with Crippen LogP contribution in [0.15, 0.2) is 59.0 Å². The van der Waals surface area contributed by atoms with E-state index >= 15 is 0 Å². The van der Waals surface area contributed by atoms with E-state index in [0.29, 0.717) is 31.0 Å². The van der Waals surface area contributed by atoms with Crippen molar-refractivity contribution in [1.29, 1.82) is 0 Å². The summed E-state index contributed by atoms with van der Waals surface area (Å²) < 4.78 is 5.65. The number of carbonyl (C=O) groups excluding carboxylic acids is 3. The number of rotatable bonds is 7. The number of nitrogens with one attached hydrogen (secondary N) is 2. The van der Waals surface area contributed by atoms with Crippen LogP contribution in [-0.4, -0.2) is 33.8 Å². The molecule has 0 radical (unpaired) electrons. The van der Waals surface area contributed by atoms with Crippen LogP contribution in [0, 0.1) is 6.92 Å². The van der Waals surface area contributed by atoms with Crippen LogP contribution in [0.4, 0.5) is 4.79 Å². The molecule has 1 fully saturated rings. The zero-order valence-corrected chi connectivity index (χ0v) is 17.7. The summed E-state index contributed by atoms with van der Waals surface area (Å²) in [6.45, 7) is 2.18. The maximum atomic E-state index is 12.5. The number of thioether (sulfide) groups is 1. The van der Waals surface area contributed by atoms with Gasteiger partial charge in [0.15, 0.2) is 5.69 Å². The van der Waals surface area contributed by atoms with E-state index in [0.717, 1.165) is 28.5 Å². The number of hydrogen-bond acceptors (Lipinski definition) is 6. The Morgan fingerprint density at radius 1 is 1.10 bits per heavy atom. The highest BCUT2D eigenvalue weighted by atomic mass is 32.2. The average Bonchev–Trinajstić information content (AvgIpc) is 3.31. The summed E-state index contributed by atoms with van der Waals surface area (Å²) in [5.74, 6) is 0.400. The SMILES string of the molecule is Cc1oc(-c2ccccc2)nc1C(=O)NCCc1ccc(CC2SC(=O)NC2=O)cc1. The number of amides is 3. The standard InChI is InChI=1S/C23H21N3O4S/c1-14-19(25-22(30-14)17-5-3-2-4-6-17)21(28)24-12-11-15-7-9-16(10-8-15)13-18-20(27)26-23(29)31-18/h2-10,18H,11-13H2,1H3,(H,24,28)(H,26,27,29). The topological polar surface area (TPSA) is 101 Å². The highest BCUT2D eigenvalue weighted by Gasteiger charge is 2.31. The Balaban J connectivity index is 1.29. The Hall–Kier alpha value is -3.39. The maximum absolute atomic E-state index is 12.5. The number of carbonyl (C=O) groups is 3. The molecule has 2 heterocycles. The second kappa shape index (κ2) is 9.18. The Morgan fingerprint density at radius 2 is 1.81 bits per heavy atom. The monoisotopic (exact) mass is 435 g/mol. The lowest BCUT2D eigenvalue weighted by molar-refractivity contribution is -0.118. The first-order valence-electron chi connectivity index (χ1n) is 9.90. The number of oxazole rings is 1. The molecule has 1 aliphatic heterocycles. The molecule has 0 aliphatic carbocycles. The van der Waals surface area contributed by atoms with Crippen molar-refractivity contribution in [3.8, 4) is 11.5 Å². The molecule has 3 amide bonds. The lowest BCUT2D eigenvalue weighted by Crippen LogP contribution is -2.26. The van der Waals surface area contributed by atoms with Gasteiger partial charge in [-0.2, -0.15) is 0 Å². The van der Waals surface area contributed by atoms with Crippen molar-refractivity contribution < 1.29 is 18.8 Å². The normalized spacial score (nSPS) is 15.7. The Morgan fingerprint density at radius 3 is 2.48 bits per heavy atom. The molecule has 4 rings (SSSR count). The van der Waals surface area contributed by atoms with E-state index in [2.05, 4.69) is 15.6 Å². The van der Waals surface area contributed by atoms with Crippen molar-refractivity contribution in [3.05, 3.63) is 77.2 Å². The predicted octanol–water partition coefficient (Wildman–Crippen LogP) is 3.52. The molecule has 158 valence electrons. The van der Waals surface area contributed by atoms with Gasteiger partial charge in [0.2, 0.25) is 11.8 Å². The van der Waals surface area contributed by atoms with Crippen molar-refractivity contribution in [2.24, 2.45) is 0 Å². The Labute approximate surface area is 183 Å². The van der Waals surface area contributed by atoms with Crippen LogP contribution < -0.4 is 10.6 Å². The van der Waals surface area contributed by atoms with Crippen LogP contribution in [0.1, 0.15) is 27.4 Å². The predicted molar refractivity (Wildman–Crippen MR) is 118 cm³/mol. The van der Waals surface area contributed by atoms with Crippen molar-refractivity contribution in [1.82, 2.24) is 15.6 Å². The number of nitrogens with zero attached hydrogens (tertiary/aromatic N) is 1. The summed E-state index contributed by atoms with van der Waals surface area (Å²) in [6.07, 6.45) is 1.17. The number of aryl methyl sites for hydroxylation is 1. The molecule has 1 saturated heterocycles. The lowest BCUT2D eigenvalue weighted by Gasteiger charge is -2.07. The van der Waals surface area contributed by atoms with Gasteiger partial charge in [-0.05, 0) is 43.0 Å². The highest BCUT2D eigenvalue weighted by molar-refractivity contribution is 8.15. The Kier molecular flexibility index (Phi) is 6.18. The third-order valence-corrected chi connectivity index (χ3v) is 5.92. The molecular formula is C23H21N3O4S. The second-order valence-corrected chi connectivity index (χ2v) is 8.38. The van der Waals surface area contributed by atoms with Gasteiger partial charge in [0.05, 0.1) is 5.25 Å². The molecule has 0 saturated carbocycles. The molecular weight excluding hydrogens is 414 g/mol. The fraction of sp³-hybridized carbons (Fsp3) is 0.217. The molecule has 2 N–H and O–H groups in total. The summed E-state index contributed by atoms with van der Waals surface area (Å²) in [5, 5.41) is 4.52. The molecule has 0 spiro atoms. The van der Waals surface area contributed by atoms with Crippen LogP contribution in [0.3, 0.4) is 0 Å². The van der Waals surface area contributed by atoms with Crippen LogP contribution in [0.5, 0.6) is 0 Å². The molecule has 3 aromatic rings. The molecule has 8 heteroatoms. The highest BCUT2D eigenvalue weighted by Crippen LogP contribution is 2.23. The molecule has 1 aliphatic rings. The molecule has 1 atom stereocenters. The third-order valence-electron chi connectivity index (χ3n) is 4.94. The van der Waals surface area contributed by atoms with Crippen LogP contribution in [0.25, 0.3) is 11.5 Å². The fourth-order valence-electron chi connectivity index (χ4n) is 3.30. The molecule has 1 unspecified atom stereocenters. The van der Waals surface area contributed by atoms with Crippen molar-refractivity contribution in [3.63, 3.8) is 0 Å². The van der Waals surface area contributed by atoms with Gasteiger partial charge < -0.3 is 9.73 Å². The second-order valence-electron chi connectivity index (χ2n) is 7.20. The first-order valence-corrected chi connectivity index (χ1v) is 10.8. The van der Waals surface area contributed by atoms with Gasteiger partial charge in [-0.25, -0.2) is 4.98 Å². The van der Waals surface area contributed by atoms with E-state index in [4.69, 9.17) is 4.42 Å². The van der Waals surface area contributed by atoms with Crippen molar-refractivity contribution in [2.45, 2.75) is 25.0 Å². The first kappa shape index (κ1) is 20.9. The minimum absolute atomic E-state index is 0.236. The van der Waals surface area contributed by atoms with Gasteiger partial charge in [-0.3, -0.25) is 19.7 Å². The number of benzene rings is 2. The number of aromatic nitrogens is 1. The smallest absolute Gasteiger partial charge is 0.286 e. The lowest BCUT2D eigenvalue weighted by atomic mass is 10.1. The van der Waals surface area contributed by atoms with Crippen LogP contribution in [0.2, 0.25) is 0 Å². The van der Waals surface area contributed by atoms with Gasteiger partial charge >= 0.3 is 0 Å². The largest absolute Gasteiger partial charge is 0.441 e. The van der Waals surface area contributed by atoms with Crippen LogP contribution >= 0.6 is 11.8 Å². The summed E-state index contributed by atoms with van der Waals surface area (Å²) in [5.41, 5.74) is 3.16. The molecule has 2 aromatic carbocycles. The molecule has 7 nitrogen and oxygen atoms in total. The van der Waals surface area contributed by atoms with Gasteiger partial charge in [-0.1, -0.05) is 54.2 Å². The number of hydrogen-bond donors (Lipinski definition) is 2. The van der Waals surface area contributed by atoms with Gasteiger partial charge in [0, 0.05) is 12.1 Å².